The van der Waals surface area contributed by atoms with E-state index in [0.717, 1.165) is 17.6 Å². The summed E-state index contributed by atoms with van der Waals surface area (Å²) in [4.78, 5) is 2.18. The minimum absolute atomic E-state index is 0.405. The normalized spacial score (nSPS) is 13.1. The molecule has 0 bridgehead atoms. The van der Waals surface area contributed by atoms with Crippen molar-refractivity contribution < 1.29 is 0 Å². The van der Waals surface area contributed by atoms with Crippen LogP contribution in [0.1, 0.15) is 18.5 Å². The lowest BCUT2D eigenvalue weighted by Crippen LogP contribution is -2.28. The van der Waals surface area contributed by atoms with E-state index in [9.17, 15) is 0 Å². The van der Waals surface area contributed by atoms with Crippen molar-refractivity contribution in [2.24, 2.45) is 0 Å². The molecule has 84 valence electrons. The van der Waals surface area contributed by atoms with E-state index >= 15 is 0 Å². The molecule has 1 N–H and O–H groups in total. The predicted octanol–water partition coefficient (Wildman–Crippen LogP) is 2.66. The number of nitrogens with zero attached hydrogens (tertiary/aromatic N) is 1. The molecule has 1 aromatic rings. The van der Waals surface area contributed by atoms with Crippen molar-refractivity contribution in [2.75, 3.05) is 27.2 Å². The van der Waals surface area contributed by atoms with Crippen molar-refractivity contribution >= 4 is 15.9 Å². The van der Waals surface area contributed by atoms with E-state index in [1.807, 2.05) is 0 Å². The molecule has 2 nitrogen and oxygen atoms in total. The Hall–Kier alpha value is -0.380. The second-order valence-electron chi connectivity index (χ2n) is 4.03. The standard InChI is InChI=1S/C12H19BrN2/c1-10(14-7-8-15(2)3)11-5-4-6-12(13)9-11/h4-6,9-10,14H,7-8H2,1-3H3. The Morgan fingerprint density at radius 3 is 2.73 bits per heavy atom. The van der Waals surface area contributed by atoms with Crippen LogP contribution < -0.4 is 5.32 Å². The lowest BCUT2D eigenvalue weighted by atomic mass is 10.1. The van der Waals surface area contributed by atoms with Crippen LogP contribution in [0, 0.1) is 0 Å². The molecule has 0 aliphatic rings. The molecular weight excluding hydrogens is 252 g/mol. The molecule has 15 heavy (non-hydrogen) atoms. The summed E-state index contributed by atoms with van der Waals surface area (Å²) in [5.41, 5.74) is 1.32. The number of nitrogens with one attached hydrogen (secondary N) is 1. The van der Waals surface area contributed by atoms with Gasteiger partial charge in [-0.1, -0.05) is 28.1 Å². The molecule has 0 aliphatic carbocycles. The molecule has 0 fully saturated rings. The maximum atomic E-state index is 3.49. The molecule has 1 rings (SSSR count). The fourth-order valence-corrected chi connectivity index (χ4v) is 1.82. The summed E-state index contributed by atoms with van der Waals surface area (Å²) >= 11 is 3.49. The topological polar surface area (TPSA) is 15.3 Å². The van der Waals surface area contributed by atoms with Gasteiger partial charge in [0.25, 0.3) is 0 Å². The SMILES string of the molecule is CC(NCCN(C)C)c1cccc(Br)c1. The first-order valence-electron chi connectivity index (χ1n) is 5.23. The average molecular weight is 271 g/mol. The van der Waals surface area contributed by atoms with E-state index in [1.165, 1.54) is 5.56 Å². The van der Waals surface area contributed by atoms with Gasteiger partial charge >= 0.3 is 0 Å². The highest BCUT2D eigenvalue weighted by Crippen LogP contribution is 2.17. The van der Waals surface area contributed by atoms with Gasteiger partial charge in [-0.2, -0.15) is 0 Å². The van der Waals surface area contributed by atoms with Crippen LogP contribution in [0.15, 0.2) is 28.7 Å². The molecule has 0 amide bonds. The van der Waals surface area contributed by atoms with Gasteiger partial charge in [0.1, 0.15) is 0 Å². The van der Waals surface area contributed by atoms with Gasteiger partial charge in [0, 0.05) is 23.6 Å². The highest BCUT2D eigenvalue weighted by Gasteiger charge is 2.04. The number of hydrogen-bond donors (Lipinski definition) is 1. The van der Waals surface area contributed by atoms with Gasteiger partial charge in [0.15, 0.2) is 0 Å². The zero-order valence-corrected chi connectivity index (χ0v) is 11.2. The first-order chi connectivity index (χ1) is 7.09. The van der Waals surface area contributed by atoms with Crippen LogP contribution in [0.5, 0.6) is 0 Å². The van der Waals surface area contributed by atoms with Gasteiger partial charge in [-0.15, -0.1) is 0 Å². The van der Waals surface area contributed by atoms with Crippen molar-refractivity contribution in [3.63, 3.8) is 0 Å². The number of benzene rings is 1. The number of rotatable bonds is 5. The Balaban J connectivity index is 2.43. The molecule has 0 radical (unpaired) electrons. The van der Waals surface area contributed by atoms with E-state index in [4.69, 9.17) is 0 Å². The minimum Gasteiger partial charge on any atom is -0.309 e. The summed E-state index contributed by atoms with van der Waals surface area (Å²) in [5.74, 6) is 0. The first-order valence-corrected chi connectivity index (χ1v) is 6.02. The molecule has 0 aliphatic heterocycles. The van der Waals surface area contributed by atoms with Crippen molar-refractivity contribution in [3.8, 4) is 0 Å². The van der Waals surface area contributed by atoms with Crippen LogP contribution in [0.4, 0.5) is 0 Å². The quantitative estimate of drug-likeness (QED) is 0.885. The Kier molecular flexibility index (Phi) is 5.29. The summed E-state index contributed by atoms with van der Waals surface area (Å²) in [6.07, 6.45) is 0. The molecule has 0 spiro atoms. The molecule has 0 saturated heterocycles. The number of hydrogen-bond acceptors (Lipinski definition) is 2. The van der Waals surface area contributed by atoms with E-state index in [0.29, 0.717) is 6.04 Å². The molecule has 3 heteroatoms. The summed E-state index contributed by atoms with van der Waals surface area (Å²) in [5, 5.41) is 3.49. The van der Waals surface area contributed by atoms with E-state index in [-0.39, 0.29) is 0 Å². The highest BCUT2D eigenvalue weighted by molar-refractivity contribution is 9.10. The molecule has 0 aromatic heterocycles. The molecule has 0 saturated carbocycles. The van der Waals surface area contributed by atoms with Crippen LogP contribution >= 0.6 is 15.9 Å². The zero-order valence-electron chi connectivity index (χ0n) is 9.63. The number of likely N-dealkylation sites (N-methyl/N-ethyl adjacent to an activating group) is 1. The smallest absolute Gasteiger partial charge is 0.0292 e. The van der Waals surface area contributed by atoms with Gasteiger partial charge in [0.05, 0.1) is 0 Å². The summed E-state index contributed by atoms with van der Waals surface area (Å²) < 4.78 is 1.14. The average Bonchev–Trinajstić information content (AvgIpc) is 2.17. The maximum absolute atomic E-state index is 3.49. The van der Waals surface area contributed by atoms with Gasteiger partial charge in [0.2, 0.25) is 0 Å². The summed E-state index contributed by atoms with van der Waals surface area (Å²) in [6.45, 7) is 4.27. The largest absolute Gasteiger partial charge is 0.309 e. The Bertz CT molecular complexity index is 299. The van der Waals surface area contributed by atoms with Gasteiger partial charge in [-0.05, 0) is 38.7 Å². The molecule has 1 aromatic carbocycles. The second-order valence-corrected chi connectivity index (χ2v) is 4.95. The van der Waals surface area contributed by atoms with Crippen molar-refractivity contribution in [1.29, 1.82) is 0 Å². The summed E-state index contributed by atoms with van der Waals surface area (Å²) in [7, 11) is 4.18. The van der Waals surface area contributed by atoms with Crippen molar-refractivity contribution in [1.82, 2.24) is 10.2 Å². The van der Waals surface area contributed by atoms with Crippen LogP contribution in [0.25, 0.3) is 0 Å². The van der Waals surface area contributed by atoms with Crippen LogP contribution in [-0.4, -0.2) is 32.1 Å². The Labute approximate surface area is 101 Å². The monoisotopic (exact) mass is 270 g/mol. The van der Waals surface area contributed by atoms with Crippen LogP contribution in [0.3, 0.4) is 0 Å². The first kappa shape index (κ1) is 12.7. The Morgan fingerprint density at radius 2 is 2.13 bits per heavy atom. The lowest BCUT2D eigenvalue weighted by molar-refractivity contribution is 0.389. The minimum atomic E-state index is 0.405. The van der Waals surface area contributed by atoms with Gasteiger partial charge in [-0.3, -0.25) is 0 Å². The molecule has 1 unspecified atom stereocenters. The molecule has 1 atom stereocenters. The maximum Gasteiger partial charge on any atom is 0.0292 e. The lowest BCUT2D eigenvalue weighted by Gasteiger charge is -2.16. The predicted molar refractivity (Wildman–Crippen MR) is 69.1 cm³/mol. The highest BCUT2D eigenvalue weighted by atomic mass is 79.9. The second kappa shape index (κ2) is 6.26. The zero-order chi connectivity index (χ0) is 11.3. The fourth-order valence-electron chi connectivity index (χ4n) is 1.40. The van der Waals surface area contributed by atoms with E-state index in [2.05, 4.69) is 71.4 Å². The van der Waals surface area contributed by atoms with Gasteiger partial charge in [-0.25, -0.2) is 0 Å². The van der Waals surface area contributed by atoms with Crippen LogP contribution in [-0.2, 0) is 0 Å². The third kappa shape index (κ3) is 4.78. The van der Waals surface area contributed by atoms with Gasteiger partial charge < -0.3 is 10.2 Å². The van der Waals surface area contributed by atoms with Crippen LogP contribution in [0.2, 0.25) is 0 Å². The third-order valence-electron chi connectivity index (χ3n) is 2.36. The Morgan fingerprint density at radius 1 is 1.40 bits per heavy atom. The van der Waals surface area contributed by atoms with Crippen molar-refractivity contribution in [2.45, 2.75) is 13.0 Å². The van der Waals surface area contributed by atoms with Crippen molar-refractivity contribution in [3.05, 3.63) is 34.3 Å². The summed E-state index contributed by atoms with van der Waals surface area (Å²) in [6, 6.07) is 8.84. The van der Waals surface area contributed by atoms with E-state index in [1.54, 1.807) is 0 Å². The molecule has 0 heterocycles. The third-order valence-corrected chi connectivity index (χ3v) is 2.85. The fraction of sp³-hybridized carbons (Fsp3) is 0.500. The molecular formula is C12H19BrN2. The number of halogens is 1. The van der Waals surface area contributed by atoms with E-state index < -0.39 is 0 Å².